The fraction of sp³-hybridized carbons (Fsp3) is 0.222. The van der Waals surface area contributed by atoms with E-state index < -0.39 is 12.0 Å². The van der Waals surface area contributed by atoms with Gasteiger partial charge >= 0.3 is 5.97 Å². The number of nitrogens with one attached hydrogen (secondary N) is 1. The number of benzene rings is 1. The van der Waals surface area contributed by atoms with Gasteiger partial charge in [0.25, 0.3) is 0 Å². The molecule has 5 heteroatoms. The van der Waals surface area contributed by atoms with Crippen LogP contribution in [0.3, 0.4) is 0 Å². The van der Waals surface area contributed by atoms with Gasteiger partial charge in [0.1, 0.15) is 6.04 Å². The van der Waals surface area contributed by atoms with Gasteiger partial charge in [0.15, 0.2) is 0 Å². The molecule has 1 unspecified atom stereocenters. The molecule has 0 radical (unpaired) electrons. The van der Waals surface area contributed by atoms with Crippen LogP contribution in [0.2, 0.25) is 5.02 Å². The predicted octanol–water partition coefficient (Wildman–Crippen LogP) is 2.31. The second-order valence-corrected chi connectivity index (χ2v) is 4.43. The van der Waals surface area contributed by atoms with Crippen molar-refractivity contribution in [3.8, 4) is 0 Å². The summed E-state index contributed by atoms with van der Waals surface area (Å²) >= 11 is 7.45. The summed E-state index contributed by atoms with van der Waals surface area (Å²) in [5.41, 5.74) is 0.734. The number of hydrogen-bond acceptors (Lipinski definition) is 3. The zero-order chi connectivity index (χ0) is 10.1. The van der Waals surface area contributed by atoms with Crippen LogP contribution >= 0.6 is 23.4 Å². The van der Waals surface area contributed by atoms with Gasteiger partial charge < -0.3 is 10.4 Å². The molecule has 2 N–H and O–H groups in total. The molecular weight excluding hydrogens is 222 g/mol. The Kier molecular flexibility index (Phi) is 2.56. The minimum Gasteiger partial charge on any atom is -0.480 e. The number of carboxylic acid groups (broad SMARTS) is 1. The molecule has 0 aliphatic carbocycles. The lowest BCUT2D eigenvalue weighted by atomic mass is 10.2. The number of thioether (sulfide) groups is 1. The quantitative estimate of drug-likeness (QED) is 0.776. The van der Waals surface area contributed by atoms with E-state index in [4.69, 9.17) is 16.7 Å². The van der Waals surface area contributed by atoms with Gasteiger partial charge in [-0.15, -0.1) is 11.8 Å². The smallest absolute Gasteiger partial charge is 0.326 e. The summed E-state index contributed by atoms with van der Waals surface area (Å²) in [6.45, 7) is 0. The highest BCUT2D eigenvalue weighted by Crippen LogP contribution is 2.37. The molecule has 0 bridgehead atoms. The molecule has 1 aromatic rings. The largest absolute Gasteiger partial charge is 0.480 e. The van der Waals surface area contributed by atoms with Gasteiger partial charge in [-0.25, -0.2) is 4.79 Å². The summed E-state index contributed by atoms with van der Waals surface area (Å²) < 4.78 is 0. The minimum absolute atomic E-state index is 0.530. The van der Waals surface area contributed by atoms with Crippen molar-refractivity contribution in [1.82, 2.24) is 0 Å². The SMILES string of the molecule is O=C(O)C1CSc2cccc(Cl)c2N1. The van der Waals surface area contributed by atoms with Crippen molar-refractivity contribution in [2.75, 3.05) is 11.1 Å². The summed E-state index contributed by atoms with van der Waals surface area (Å²) in [4.78, 5) is 11.8. The van der Waals surface area contributed by atoms with Crippen molar-refractivity contribution in [3.05, 3.63) is 23.2 Å². The molecule has 0 fully saturated rings. The number of carbonyl (C=O) groups is 1. The van der Waals surface area contributed by atoms with Crippen molar-refractivity contribution in [1.29, 1.82) is 0 Å². The minimum atomic E-state index is -0.844. The van der Waals surface area contributed by atoms with Gasteiger partial charge in [0.05, 0.1) is 10.7 Å². The van der Waals surface area contributed by atoms with Crippen LogP contribution in [0.1, 0.15) is 0 Å². The van der Waals surface area contributed by atoms with E-state index in [1.807, 2.05) is 12.1 Å². The molecule has 1 aliphatic heterocycles. The summed E-state index contributed by atoms with van der Waals surface area (Å²) in [6, 6.07) is 4.99. The number of anilines is 1. The lowest BCUT2D eigenvalue weighted by Gasteiger charge is -2.24. The van der Waals surface area contributed by atoms with Gasteiger partial charge in [-0.3, -0.25) is 0 Å². The Balaban J connectivity index is 2.33. The Hall–Kier alpha value is -0.870. The number of rotatable bonds is 1. The number of fused-ring (bicyclic) bond motifs is 1. The van der Waals surface area contributed by atoms with Crippen molar-refractivity contribution >= 4 is 35.0 Å². The van der Waals surface area contributed by atoms with Crippen LogP contribution in [0.25, 0.3) is 0 Å². The van der Waals surface area contributed by atoms with Crippen LogP contribution in [-0.4, -0.2) is 22.9 Å². The number of aliphatic carboxylic acids is 1. The highest BCUT2D eigenvalue weighted by molar-refractivity contribution is 7.99. The number of carboxylic acids is 1. The van der Waals surface area contributed by atoms with E-state index in [0.717, 1.165) is 10.6 Å². The molecule has 1 heterocycles. The number of halogens is 1. The lowest BCUT2D eigenvalue weighted by Crippen LogP contribution is -2.34. The maximum Gasteiger partial charge on any atom is 0.326 e. The van der Waals surface area contributed by atoms with Crippen molar-refractivity contribution in [2.24, 2.45) is 0 Å². The molecule has 0 saturated heterocycles. The second-order valence-electron chi connectivity index (χ2n) is 2.96. The van der Waals surface area contributed by atoms with Gasteiger partial charge in [-0.05, 0) is 12.1 Å². The first-order chi connectivity index (χ1) is 6.68. The van der Waals surface area contributed by atoms with E-state index in [1.165, 1.54) is 11.8 Å². The van der Waals surface area contributed by atoms with E-state index in [2.05, 4.69) is 5.32 Å². The number of para-hydroxylation sites is 1. The molecule has 0 saturated carbocycles. The van der Waals surface area contributed by atoms with Gasteiger partial charge in [-0.2, -0.15) is 0 Å². The van der Waals surface area contributed by atoms with Gasteiger partial charge in [-0.1, -0.05) is 17.7 Å². The molecule has 0 amide bonds. The van der Waals surface area contributed by atoms with Crippen LogP contribution in [0, 0.1) is 0 Å². The van der Waals surface area contributed by atoms with E-state index in [1.54, 1.807) is 6.07 Å². The molecule has 74 valence electrons. The Labute approximate surface area is 90.5 Å². The Morgan fingerprint density at radius 3 is 3.14 bits per heavy atom. The van der Waals surface area contributed by atoms with E-state index in [0.29, 0.717) is 10.8 Å². The van der Waals surface area contributed by atoms with Gasteiger partial charge in [0.2, 0.25) is 0 Å². The topological polar surface area (TPSA) is 49.3 Å². The summed E-state index contributed by atoms with van der Waals surface area (Å²) in [7, 11) is 0. The molecular formula is C9H8ClNO2S. The maximum absolute atomic E-state index is 10.8. The average molecular weight is 230 g/mol. The highest BCUT2D eigenvalue weighted by Gasteiger charge is 2.24. The van der Waals surface area contributed by atoms with Crippen LogP contribution in [0.4, 0.5) is 5.69 Å². The zero-order valence-corrected chi connectivity index (χ0v) is 8.73. The first-order valence-electron chi connectivity index (χ1n) is 4.09. The van der Waals surface area contributed by atoms with Crippen LogP contribution in [0.15, 0.2) is 23.1 Å². The third kappa shape index (κ3) is 1.67. The fourth-order valence-electron chi connectivity index (χ4n) is 1.29. The van der Waals surface area contributed by atoms with Gasteiger partial charge in [0, 0.05) is 10.6 Å². The molecule has 1 aliphatic rings. The van der Waals surface area contributed by atoms with Crippen molar-refractivity contribution < 1.29 is 9.90 Å². The predicted molar refractivity (Wildman–Crippen MR) is 57.2 cm³/mol. The van der Waals surface area contributed by atoms with E-state index in [-0.39, 0.29) is 0 Å². The molecule has 14 heavy (non-hydrogen) atoms. The highest BCUT2D eigenvalue weighted by atomic mass is 35.5. The Morgan fingerprint density at radius 1 is 1.64 bits per heavy atom. The second kappa shape index (κ2) is 3.71. The molecule has 3 nitrogen and oxygen atoms in total. The fourth-order valence-corrected chi connectivity index (χ4v) is 2.63. The molecule has 1 atom stereocenters. The monoisotopic (exact) mass is 229 g/mol. The molecule has 1 aromatic carbocycles. The standard InChI is InChI=1S/C9H8ClNO2S/c10-5-2-1-3-7-8(5)11-6(4-14-7)9(12)13/h1-3,6,11H,4H2,(H,12,13). The Bertz CT molecular complexity index is 383. The third-order valence-electron chi connectivity index (χ3n) is 2.00. The first-order valence-corrected chi connectivity index (χ1v) is 5.45. The summed E-state index contributed by atoms with van der Waals surface area (Å²) in [6.07, 6.45) is 0. The summed E-state index contributed by atoms with van der Waals surface area (Å²) in [5.74, 6) is -0.314. The normalized spacial score (nSPS) is 19.6. The lowest BCUT2D eigenvalue weighted by molar-refractivity contribution is -0.137. The maximum atomic E-state index is 10.8. The molecule has 0 aromatic heterocycles. The van der Waals surface area contributed by atoms with Crippen LogP contribution in [-0.2, 0) is 4.79 Å². The van der Waals surface area contributed by atoms with Crippen LogP contribution in [0.5, 0.6) is 0 Å². The number of hydrogen-bond donors (Lipinski definition) is 2. The first kappa shape index (κ1) is 9.68. The van der Waals surface area contributed by atoms with Crippen LogP contribution < -0.4 is 5.32 Å². The molecule has 2 rings (SSSR count). The van der Waals surface area contributed by atoms with E-state index in [9.17, 15) is 4.79 Å². The van der Waals surface area contributed by atoms with Crippen molar-refractivity contribution in [2.45, 2.75) is 10.9 Å². The third-order valence-corrected chi connectivity index (χ3v) is 3.46. The molecule has 0 spiro atoms. The average Bonchev–Trinajstić information content (AvgIpc) is 2.18. The van der Waals surface area contributed by atoms with Crippen molar-refractivity contribution in [3.63, 3.8) is 0 Å². The zero-order valence-electron chi connectivity index (χ0n) is 7.16. The Morgan fingerprint density at radius 2 is 2.43 bits per heavy atom. The summed E-state index contributed by atoms with van der Waals surface area (Å²) in [5, 5.41) is 12.3. The van der Waals surface area contributed by atoms with E-state index >= 15 is 0 Å².